The van der Waals surface area contributed by atoms with Gasteiger partial charge in [0, 0.05) is 49.2 Å². The van der Waals surface area contributed by atoms with Gasteiger partial charge in [-0.15, -0.1) is 0 Å². The molecule has 1 aromatic rings. The van der Waals surface area contributed by atoms with Crippen molar-refractivity contribution in [2.75, 3.05) is 36.0 Å². The molecule has 0 aromatic heterocycles. The van der Waals surface area contributed by atoms with Gasteiger partial charge < -0.3 is 14.9 Å². The van der Waals surface area contributed by atoms with Crippen LogP contribution in [-0.4, -0.2) is 31.3 Å². The Hall–Kier alpha value is -1.38. The van der Waals surface area contributed by atoms with Crippen LogP contribution in [0.3, 0.4) is 0 Å². The van der Waals surface area contributed by atoms with Gasteiger partial charge >= 0.3 is 0 Å². The summed E-state index contributed by atoms with van der Waals surface area (Å²) >= 11 is 0. The van der Waals surface area contributed by atoms with Crippen molar-refractivity contribution in [2.24, 2.45) is 0 Å². The van der Waals surface area contributed by atoms with Crippen molar-refractivity contribution in [1.82, 2.24) is 0 Å². The highest BCUT2D eigenvalue weighted by Crippen LogP contribution is 2.36. The lowest BCUT2D eigenvalue weighted by molar-refractivity contribution is 0.471. The number of benzene rings is 1. The third-order valence-electron chi connectivity index (χ3n) is 4.26. The molecule has 3 rings (SSSR count). The van der Waals surface area contributed by atoms with Gasteiger partial charge in [0.2, 0.25) is 0 Å². The Morgan fingerprint density at radius 1 is 0.889 bits per heavy atom. The van der Waals surface area contributed by atoms with E-state index < -0.39 is 0 Å². The van der Waals surface area contributed by atoms with Crippen LogP contribution in [0.5, 0.6) is 5.75 Å². The average molecular weight is 246 g/mol. The van der Waals surface area contributed by atoms with Crippen molar-refractivity contribution in [3.63, 3.8) is 0 Å². The molecule has 0 amide bonds. The van der Waals surface area contributed by atoms with Gasteiger partial charge in [-0.3, -0.25) is 0 Å². The molecule has 0 spiro atoms. The maximum atomic E-state index is 10.1. The predicted molar refractivity (Wildman–Crippen MR) is 75.7 cm³/mol. The van der Waals surface area contributed by atoms with Gasteiger partial charge in [0.1, 0.15) is 5.75 Å². The van der Waals surface area contributed by atoms with Gasteiger partial charge in [-0.2, -0.15) is 0 Å². The van der Waals surface area contributed by atoms with Gasteiger partial charge in [-0.25, -0.2) is 0 Å². The van der Waals surface area contributed by atoms with E-state index in [1.807, 2.05) is 13.0 Å². The summed E-state index contributed by atoms with van der Waals surface area (Å²) in [6.45, 7) is 6.54. The van der Waals surface area contributed by atoms with E-state index in [9.17, 15) is 5.11 Å². The van der Waals surface area contributed by atoms with Crippen LogP contribution in [-0.2, 0) is 0 Å². The van der Waals surface area contributed by atoms with Crippen molar-refractivity contribution in [2.45, 2.75) is 32.6 Å². The first-order valence-corrected chi connectivity index (χ1v) is 7.09. The van der Waals surface area contributed by atoms with Crippen LogP contribution >= 0.6 is 0 Å². The second-order valence-electron chi connectivity index (χ2n) is 5.50. The second kappa shape index (κ2) is 4.71. The van der Waals surface area contributed by atoms with Crippen LogP contribution in [0, 0.1) is 6.92 Å². The van der Waals surface area contributed by atoms with Gasteiger partial charge in [-0.05, 0) is 38.7 Å². The summed E-state index contributed by atoms with van der Waals surface area (Å²) in [5, 5.41) is 10.1. The molecular formula is C15H22N2O. The molecule has 2 fully saturated rings. The molecule has 3 nitrogen and oxygen atoms in total. The molecule has 0 atom stereocenters. The zero-order valence-corrected chi connectivity index (χ0v) is 11.2. The van der Waals surface area contributed by atoms with E-state index in [1.54, 1.807) is 0 Å². The summed E-state index contributed by atoms with van der Waals surface area (Å²) < 4.78 is 0. The number of rotatable bonds is 2. The summed E-state index contributed by atoms with van der Waals surface area (Å²) in [6, 6.07) is 4.20. The second-order valence-corrected chi connectivity index (χ2v) is 5.50. The standard InChI is InChI=1S/C15H22N2O/c1-12-14(17-8-4-5-9-17)10-13(11-15(12)18)16-6-2-3-7-16/h10-11,18H,2-9H2,1H3. The topological polar surface area (TPSA) is 26.7 Å². The molecular weight excluding hydrogens is 224 g/mol. The summed E-state index contributed by atoms with van der Waals surface area (Å²) in [5.41, 5.74) is 3.45. The number of nitrogens with zero attached hydrogens (tertiary/aromatic N) is 2. The first kappa shape index (κ1) is 11.7. The Bertz CT molecular complexity index is 432. The molecule has 98 valence electrons. The minimum absolute atomic E-state index is 0.446. The van der Waals surface area contributed by atoms with Crippen LogP contribution in [0.15, 0.2) is 12.1 Å². The summed E-state index contributed by atoms with van der Waals surface area (Å²) in [5.74, 6) is 0.446. The van der Waals surface area contributed by atoms with Crippen LogP contribution in [0.2, 0.25) is 0 Å². The Kier molecular flexibility index (Phi) is 3.06. The van der Waals surface area contributed by atoms with Crippen LogP contribution in [0.1, 0.15) is 31.2 Å². The van der Waals surface area contributed by atoms with E-state index >= 15 is 0 Å². The molecule has 0 saturated carbocycles. The summed E-state index contributed by atoms with van der Waals surface area (Å²) in [7, 11) is 0. The predicted octanol–water partition coefficient (Wildman–Crippen LogP) is 2.90. The molecule has 2 aliphatic rings. The lowest BCUT2D eigenvalue weighted by Crippen LogP contribution is -2.21. The number of phenols is 1. The molecule has 0 bridgehead atoms. The van der Waals surface area contributed by atoms with E-state index in [0.717, 1.165) is 31.7 Å². The Morgan fingerprint density at radius 3 is 2.06 bits per heavy atom. The van der Waals surface area contributed by atoms with E-state index in [1.165, 1.54) is 37.1 Å². The minimum Gasteiger partial charge on any atom is -0.508 e. The third-order valence-corrected chi connectivity index (χ3v) is 4.26. The van der Waals surface area contributed by atoms with Gasteiger partial charge in [0.25, 0.3) is 0 Å². The van der Waals surface area contributed by atoms with Crippen molar-refractivity contribution in [1.29, 1.82) is 0 Å². The first-order chi connectivity index (χ1) is 8.75. The molecule has 0 aliphatic carbocycles. The van der Waals surface area contributed by atoms with Crippen LogP contribution in [0.4, 0.5) is 11.4 Å². The average Bonchev–Trinajstić information content (AvgIpc) is 3.03. The molecule has 2 saturated heterocycles. The Morgan fingerprint density at radius 2 is 1.44 bits per heavy atom. The molecule has 0 unspecified atom stereocenters. The number of aromatic hydroxyl groups is 1. The Balaban J connectivity index is 1.95. The first-order valence-electron chi connectivity index (χ1n) is 7.09. The Labute approximate surface area is 109 Å². The zero-order valence-electron chi connectivity index (χ0n) is 11.2. The quantitative estimate of drug-likeness (QED) is 0.869. The lowest BCUT2D eigenvalue weighted by Gasteiger charge is -2.25. The fraction of sp³-hybridized carbons (Fsp3) is 0.600. The molecule has 2 heterocycles. The van der Waals surface area contributed by atoms with E-state index in [4.69, 9.17) is 0 Å². The maximum Gasteiger partial charge on any atom is 0.122 e. The number of phenolic OH excluding ortho intramolecular Hbond substituents is 1. The van der Waals surface area contributed by atoms with Crippen LogP contribution < -0.4 is 9.80 Å². The molecule has 3 heteroatoms. The van der Waals surface area contributed by atoms with Crippen molar-refractivity contribution in [3.05, 3.63) is 17.7 Å². The molecule has 1 aromatic carbocycles. The highest BCUT2D eigenvalue weighted by molar-refractivity contribution is 5.68. The number of hydrogen-bond donors (Lipinski definition) is 1. The lowest BCUT2D eigenvalue weighted by atomic mass is 10.1. The van der Waals surface area contributed by atoms with E-state index in [-0.39, 0.29) is 0 Å². The normalized spacial score (nSPS) is 19.8. The van der Waals surface area contributed by atoms with E-state index in [0.29, 0.717) is 5.75 Å². The van der Waals surface area contributed by atoms with Gasteiger partial charge in [0.05, 0.1) is 0 Å². The number of hydrogen-bond acceptors (Lipinski definition) is 3. The van der Waals surface area contributed by atoms with Crippen molar-refractivity contribution in [3.8, 4) is 5.75 Å². The van der Waals surface area contributed by atoms with Gasteiger partial charge in [0.15, 0.2) is 0 Å². The fourth-order valence-corrected chi connectivity index (χ4v) is 3.11. The minimum atomic E-state index is 0.446. The molecule has 2 aliphatic heterocycles. The van der Waals surface area contributed by atoms with Crippen LogP contribution in [0.25, 0.3) is 0 Å². The monoisotopic (exact) mass is 246 g/mol. The largest absolute Gasteiger partial charge is 0.508 e. The summed E-state index contributed by atoms with van der Waals surface area (Å²) in [4.78, 5) is 4.80. The molecule has 0 radical (unpaired) electrons. The zero-order chi connectivity index (χ0) is 12.5. The number of anilines is 2. The van der Waals surface area contributed by atoms with E-state index in [2.05, 4.69) is 15.9 Å². The highest BCUT2D eigenvalue weighted by atomic mass is 16.3. The SMILES string of the molecule is Cc1c(O)cc(N2CCCC2)cc1N1CCCC1. The molecule has 1 N–H and O–H groups in total. The van der Waals surface area contributed by atoms with Crippen molar-refractivity contribution >= 4 is 11.4 Å². The van der Waals surface area contributed by atoms with Gasteiger partial charge in [-0.1, -0.05) is 0 Å². The molecule has 18 heavy (non-hydrogen) atoms. The highest BCUT2D eigenvalue weighted by Gasteiger charge is 2.20. The summed E-state index contributed by atoms with van der Waals surface area (Å²) in [6.07, 6.45) is 5.09. The smallest absolute Gasteiger partial charge is 0.122 e. The maximum absolute atomic E-state index is 10.1. The van der Waals surface area contributed by atoms with Crippen molar-refractivity contribution < 1.29 is 5.11 Å². The fourth-order valence-electron chi connectivity index (χ4n) is 3.11. The third kappa shape index (κ3) is 2.02.